The van der Waals surface area contributed by atoms with E-state index in [1.54, 1.807) is 0 Å². The molecule has 2 heterocycles. The Kier molecular flexibility index (Phi) is 6.35. The number of anilines is 1. The Balaban J connectivity index is 1.68. The van der Waals surface area contributed by atoms with Crippen molar-refractivity contribution in [2.24, 2.45) is 5.92 Å². The summed E-state index contributed by atoms with van der Waals surface area (Å²) in [6, 6.07) is 8.25. The first-order chi connectivity index (χ1) is 12.4. The molecule has 0 unspecified atom stereocenters. The van der Waals surface area contributed by atoms with Crippen molar-refractivity contribution in [3.8, 4) is 0 Å². The Morgan fingerprint density at radius 2 is 2.04 bits per heavy atom. The smallest absolute Gasteiger partial charge is 0.228 e. The summed E-state index contributed by atoms with van der Waals surface area (Å²) in [6.45, 7) is 9.28. The van der Waals surface area contributed by atoms with Gasteiger partial charge in [0.1, 0.15) is 0 Å². The maximum absolute atomic E-state index is 12.6. The van der Waals surface area contributed by atoms with E-state index in [9.17, 15) is 4.79 Å². The Morgan fingerprint density at radius 3 is 2.73 bits per heavy atom. The molecule has 1 N–H and O–H groups in total. The number of rotatable bonds is 6. The lowest BCUT2D eigenvalue weighted by molar-refractivity contribution is -0.115. The first-order valence-corrected chi connectivity index (χ1v) is 11.2. The normalized spacial score (nSPS) is 15.0. The zero-order valence-electron chi connectivity index (χ0n) is 15.9. The third-order valence-electron chi connectivity index (χ3n) is 4.47. The number of carbonyl (C=O) groups is 1. The van der Waals surface area contributed by atoms with E-state index < -0.39 is 0 Å². The first kappa shape index (κ1) is 19.4. The highest BCUT2D eigenvalue weighted by atomic mass is 32.2. The number of carbonyl (C=O) groups excluding carboxylic acids is 1. The predicted molar refractivity (Wildman–Crippen MR) is 113 cm³/mol. The molecule has 0 aliphatic carbocycles. The van der Waals surface area contributed by atoms with Gasteiger partial charge in [-0.1, -0.05) is 26.0 Å². The molecule has 3 rings (SSSR count). The fraction of sp³-hybridized carbons (Fsp3) is 0.500. The lowest BCUT2D eigenvalue weighted by Gasteiger charge is -2.11. The monoisotopic (exact) mass is 389 g/mol. The largest absolute Gasteiger partial charge is 0.326 e. The summed E-state index contributed by atoms with van der Waals surface area (Å²) in [5.41, 5.74) is 5.25. The number of amides is 1. The van der Waals surface area contributed by atoms with Gasteiger partial charge in [-0.3, -0.25) is 9.48 Å². The molecular weight excluding hydrogens is 362 g/mol. The van der Waals surface area contributed by atoms with Crippen LogP contribution in [-0.4, -0.2) is 27.2 Å². The van der Waals surface area contributed by atoms with E-state index in [4.69, 9.17) is 0 Å². The van der Waals surface area contributed by atoms with Gasteiger partial charge in [0.2, 0.25) is 5.91 Å². The molecule has 0 atom stereocenters. The molecule has 0 spiro atoms. The van der Waals surface area contributed by atoms with Crippen LogP contribution in [0.15, 0.2) is 24.3 Å². The minimum Gasteiger partial charge on any atom is -0.326 e. The third kappa shape index (κ3) is 4.65. The highest BCUT2D eigenvalue weighted by Crippen LogP contribution is 2.45. The average molecular weight is 390 g/mol. The molecule has 1 aliphatic heterocycles. The van der Waals surface area contributed by atoms with Gasteiger partial charge < -0.3 is 5.32 Å². The molecule has 26 heavy (non-hydrogen) atoms. The number of hydrogen-bond donors (Lipinski definition) is 1. The quantitative estimate of drug-likeness (QED) is 0.770. The van der Waals surface area contributed by atoms with Crippen LogP contribution >= 0.6 is 23.5 Å². The molecule has 1 aliphatic rings. The highest BCUT2D eigenvalue weighted by Gasteiger charge is 2.19. The van der Waals surface area contributed by atoms with Crippen molar-refractivity contribution in [1.82, 2.24) is 9.78 Å². The Bertz CT molecular complexity index is 779. The van der Waals surface area contributed by atoms with E-state index in [2.05, 4.69) is 43.3 Å². The molecule has 1 aromatic heterocycles. The number of aryl methyl sites for hydroxylation is 1. The highest BCUT2D eigenvalue weighted by molar-refractivity contribution is 8.19. The van der Waals surface area contributed by atoms with Crippen LogP contribution in [0.3, 0.4) is 0 Å². The van der Waals surface area contributed by atoms with Crippen LogP contribution < -0.4 is 5.32 Å². The topological polar surface area (TPSA) is 46.9 Å². The van der Waals surface area contributed by atoms with E-state index in [-0.39, 0.29) is 5.91 Å². The number of aromatic nitrogens is 2. The van der Waals surface area contributed by atoms with Crippen molar-refractivity contribution >= 4 is 35.1 Å². The number of thioether (sulfide) groups is 2. The Morgan fingerprint density at radius 1 is 1.31 bits per heavy atom. The average Bonchev–Trinajstić information content (AvgIpc) is 3.20. The summed E-state index contributed by atoms with van der Waals surface area (Å²) in [5.74, 6) is 2.95. The van der Waals surface area contributed by atoms with Crippen LogP contribution in [0.1, 0.15) is 40.9 Å². The summed E-state index contributed by atoms with van der Waals surface area (Å²) >= 11 is 3.95. The summed E-state index contributed by atoms with van der Waals surface area (Å²) in [7, 11) is 0. The van der Waals surface area contributed by atoms with Crippen LogP contribution in [0.2, 0.25) is 0 Å². The number of nitrogens with one attached hydrogen (secondary N) is 1. The molecule has 1 fully saturated rings. The Labute approximate surface area is 164 Å². The van der Waals surface area contributed by atoms with Gasteiger partial charge >= 0.3 is 0 Å². The second-order valence-electron chi connectivity index (χ2n) is 7.15. The van der Waals surface area contributed by atoms with Crippen molar-refractivity contribution in [3.63, 3.8) is 0 Å². The summed E-state index contributed by atoms with van der Waals surface area (Å²) < 4.78 is 2.52. The van der Waals surface area contributed by atoms with Crippen LogP contribution in [0, 0.1) is 19.8 Å². The molecule has 0 radical (unpaired) electrons. The first-order valence-electron chi connectivity index (χ1n) is 9.10. The van der Waals surface area contributed by atoms with Gasteiger partial charge in [-0.2, -0.15) is 5.10 Å². The van der Waals surface area contributed by atoms with Gasteiger partial charge in [0.15, 0.2) is 0 Å². The number of benzene rings is 1. The molecule has 6 heteroatoms. The minimum atomic E-state index is 0.0178. The van der Waals surface area contributed by atoms with E-state index >= 15 is 0 Å². The maximum atomic E-state index is 12.6. The number of hydrogen-bond acceptors (Lipinski definition) is 4. The van der Waals surface area contributed by atoms with Crippen molar-refractivity contribution in [1.29, 1.82) is 0 Å². The van der Waals surface area contributed by atoms with E-state index in [1.165, 1.54) is 17.1 Å². The summed E-state index contributed by atoms with van der Waals surface area (Å²) in [6.07, 6.45) is 0.368. The fourth-order valence-corrected chi connectivity index (χ4v) is 6.03. The zero-order chi connectivity index (χ0) is 18.7. The summed E-state index contributed by atoms with van der Waals surface area (Å²) in [5, 5.41) is 7.67. The lowest BCUT2D eigenvalue weighted by atomic mass is 10.1. The zero-order valence-corrected chi connectivity index (χ0v) is 17.5. The van der Waals surface area contributed by atoms with Crippen LogP contribution in [0.5, 0.6) is 0 Å². The second-order valence-corrected chi connectivity index (χ2v) is 9.87. The lowest BCUT2D eigenvalue weighted by Crippen LogP contribution is -2.15. The molecule has 0 saturated carbocycles. The molecule has 1 amide bonds. The van der Waals surface area contributed by atoms with E-state index in [0.29, 0.717) is 16.9 Å². The van der Waals surface area contributed by atoms with Crippen LogP contribution in [0.4, 0.5) is 5.69 Å². The van der Waals surface area contributed by atoms with E-state index in [1.807, 2.05) is 47.3 Å². The van der Waals surface area contributed by atoms with Gasteiger partial charge in [-0.15, -0.1) is 23.5 Å². The molecule has 1 saturated heterocycles. The minimum absolute atomic E-state index is 0.0178. The van der Waals surface area contributed by atoms with Crippen molar-refractivity contribution < 1.29 is 4.79 Å². The standard InChI is InChI=1S/C20H27N3OS2/c1-13(2)12-23-15(4)18(14(3)22-23)11-19(24)21-17-7-5-6-16(10-17)20-25-8-9-26-20/h5-7,10,13,20H,8-9,11-12H2,1-4H3,(H,21,24). The predicted octanol–water partition coefficient (Wildman–Crippen LogP) is 4.82. The van der Waals surface area contributed by atoms with Crippen molar-refractivity contribution in [3.05, 3.63) is 46.8 Å². The molecule has 2 aromatic rings. The van der Waals surface area contributed by atoms with Crippen LogP contribution in [-0.2, 0) is 17.8 Å². The second kappa shape index (κ2) is 8.53. The maximum Gasteiger partial charge on any atom is 0.228 e. The SMILES string of the molecule is Cc1nn(CC(C)C)c(C)c1CC(=O)Nc1cccc(C2SCCS2)c1. The fourth-order valence-electron chi connectivity index (χ4n) is 3.19. The van der Waals surface area contributed by atoms with Crippen molar-refractivity contribution in [2.45, 2.75) is 45.2 Å². The molecule has 1 aromatic carbocycles. The number of nitrogens with zero attached hydrogens (tertiary/aromatic N) is 2. The van der Waals surface area contributed by atoms with E-state index in [0.717, 1.165) is 29.2 Å². The third-order valence-corrected chi connectivity index (χ3v) is 7.58. The Hall–Kier alpha value is -1.40. The van der Waals surface area contributed by atoms with Gasteiger partial charge in [0, 0.05) is 35.0 Å². The molecule has 140 valence electrons. The molecular formula is C20H27N3OS2. The molecule has 4 nitrogen and oxygen atoms in total. The van der Waals surface area contributed by atoms with Crippen molar-refractivity contribution in [2.75, 3.05) is 16.8 Å². The summed E-state index contributed by atoms with van der Waals surface area (Å²) in [4.78, 5) is 12.6. The van der Waals surface area contributed by atoms with Gasteiger partial charge in [0.05, 0.1) is 16.7 Å². The molecule has 0 bridgehead atoms. The van der Waals surface area contributed by atoms with Crippen LogP contribution in [0.25, 0.3) is 0 Å². The van der Waals surface area contributed by atoms with Gasteiger partial charge in [-0.25, -0.2) is 0 Å². The van der Waals surface area contributed by atoms with Gasteiger partial charge in [0.25, 0.3) is 0 Å². The van der Waals surface area contributed by atoms with Gasteiger partial charge in [-0.05, 0) is 37.5 Å².